The van der Waals surface area contributed by atoms with Gasteiger partial charge in [0.1, 0.15) is 5.76 Å². The lowest BCUT2D eigenvalue weighted by molar-refractivity contribution is 0.431. The molecule has 1 heteroatoms. The van der Waals surface area contributed by atoms with Gasteiger partial charge in [-0.1, -0.05) is 12.2 Å². The minimum Gasteiger partial charge on any atom is -0.508 e. The molecule has 0 heterocycles. The van der Waals surface area contributed by atoms with Gasteiger partial charge in [0, 0.05) is 0 Å². The van der Waals surface area contributed by atoms with E-state index >= 15 is 0 Å². The molecule has 0 radical (unpaired) electrons. The molecule has 0 atom stereocenters. The van der Waals surface area contributed by atoms with Gasteiger partial charge < -0.3 is 5.11 Å². The van der Waals surface area contributed by atoms with E-state index < -0.39 is 0 Å². The topological polar surface area (TPSA) is 20.2 Å². The number of rotatable bonds is 4. The van der Waals surface area contributed by atoms with Crippen LogP contribution in [0.1, 0.15) is 19.8 Å². The molecular weight excluding hydrogens is 124 g/mol. The van der Waals surface area contributed by atoms with Crippen molar-refractivity contribution in [3.63, 3.8) is 0 Å². The minimum atomic E-state index is 0.323. The van der Waals surface area contributed by atoms with E-state index in [1.807, 2.05) is 12.2 Å². The highest BCUT2D eigenvalue weighted by Crippen LogP contribution is 1.95. The zero-order valence-corrected chi connectivity index (χ0v) is 6.38. The third-order valence-corrected chi connectivity index (χ3v) is 1.12. The highest BCUT2D eigenvalue weighted by molar-refractivity contribution is 5.08. The van der Waals surface area contributed by atoms with Crippen LogP contribution in [0, 0.1) is 0 Å². The second-order valence-electron chi connectivity index (χ2n) is 1.98. The van der Waals surface area contributed by atoms with Crippen LogP contribution in [0.15, 0.2) is 36.6 Å². The fraction of sp³-hybridized carbons (Fsp3) is 0.333. The quantitative estimate of drug-likeness (QED) is 0.274. The van der Waals surface area contributed by atoms with Crippen molar-refractivity contribution in [3.05, 3.63) is 36.6 Å². The van der Waals surface area contributed by atoms with Crippen molar-refractivity contribution in [3.8, 4) is 0 Å². The molecule has 0 rings (SSSR count). The second-order valence-corrected chi connectivity index (χ2v) is 1.98. The molecule has 0 aliphatic carbocycles. The Bertz CT molecular complexity index is 143. The first-order chi connectivity index (χ1) is 4.81. The molecule has 0 amide bonds. The number of allylic oxidation sites excluding steroid dienone is 4. The Labute approximate surface area is 62.4 Å². The van der Waals surface area contributed by atoms with Crippen LogP contribution in [0.2, 0.25) is 0 Å². The summed E-state index contributed by atoms with van der Waals surface area (Å²) in [5.41, 5.74) is 0. The van der Waals surface area contributed by atoms with Gasteiger partial charge >= 0.3 is 0 Å². The summed E-state index contributed by atoms with van der Waals surface area (Å²) in [7, 11) is 0. The first kappa shape index (κ1) is 9.02. The average molecular weight is 138 g/mol. The minimum absolute atomic E-state index is 0.323. The number of aliphatic hydroxyl groups excluding tert-OH is 1. The Hall–Kier alpha value is -0.980. The van der Waals surface area contributed by atoms with E-state index in [-0.39, 0.29) is 0 Å². The molecule has 0 aromatic rings. The van der Waals surface area contributed by atoms with E-state index in [0.29, 0.717) is 5.76 Å². The smallest absolute Gasteiger partial charge is 0.110 e. The largest absolute Gasteiger partial charge is 0.508 e. The Balaban J connectivity index is 3.45. The predicted octanol–water partition coefficient (Wildman–Crippen LogP) is 2.97. The van der Waals surface area contributed by atoms with Gasteiger partial charge in [-0.25, -0.2) is 0 Å². The standard InChI is InChI=1S/C9H14O/c1-3-5-6-7-8-9(10)4-2/h3-4,7-8,10H,1,5-6H2,2H3/b8-7-,9-4+. The van der Waals surface area contributed by atoms with E-state index in [1.165, 1.54) is 0 Å². The molecule has 0 aromatic carbocycles. The summed E-state index contributed by atoms with van der Waals surface area (Å²) < 4.78 is 0. The van der Waals surface area contributed by atoms with Gasteiger partial charge in [0.2, 0.25) is 0 Å². The Morgan fingerprint density at radius 3 is 2.70 bits per heavy atom. The van der Waals surface area contributed by atoms with Crippen molar-refractivity contribution < 1.29 is 5.11 Å². The molecule has 0 spiro atoms. The fourth-order valence-electron chi connectivity index (χ4n) is 0.514. The Kier molecular flexibility index (Phi) is 5.54. The summed E-state index contributed by atoms with van der Waals surface area (Å²) in [6, 6.07) is 0. The van der Waals surface area contributed by atoms with Crippen molar-refractivity contribution in [1.29, 1.82) is 0 Å². The first-order valence-corrected chi connectivity index (χ1v) is 3.44. The first-order valence-electron chi connectivity index (χ1n) is 3.44. The molecule has 1 N–H and O–H groups in total. The molecular formula is C9H14O. The second kappa shape index (κ2) is 6.14. The molecule has 0 saturated carbocycles. The van der Waals surface area contributed by atoms with Gasteiger partial charge in [-0.05, 0) is 31.9 Å². The molecule has 10 heavy (non-hydrogen) atoms. The highest BCUT2D eigenvalue weighted by atomic mass is 16.3. The van der Waals surface area contributed by atoms with Gasteiger partial charge in [-0.2, -0.15) is 0 Å². The third-order valence-electron chi connectivity index (χ3n) is 1.12. The summed E-state index contributed by atoms with van der Waals surface area (Å²) in [6.07, 6.45) is 9.05. The van der Waals surface area contributed by atoms with Crippen LogP contribution in [0.3, 0.4) is 0 Å². The number of unbranched alkanes of at least 4 members (excludes halogenated alkanes) is 1. The monoisotopic (exact) mass is 138 g/mol. The zero-order chi connectivity index (χ0) is 7.82. The van der Waals surface area contributed by atoms with Gasteiger partial charge in [-0.3, -0.25) is 0 Å². The zero-order valence-electron chi connectivity index (χ0n) is 6.38. The highest BCUT2D eigenvalue weighted by Gasteiger charge is 1.78. The summed E-state index contributed by atoms with van der Waals surface area (Å²) in [5.74, 6) is 0.323. The summed E-state index contributed by atoms with van der Waals surface area (Å²) in [4.78, 5) is 0. The molecule has 0 unspecified atom stereocenters. The van der Waals surface area contributed by atoms with Gasteiger partial charge in [-0.15, -0.1) is 6.58 Å². The number of aliphatic hydroxyl groups is 1. The van der Waals surface area contributed by atoms with Crippen LogP contribution in [-0.2, 0) is 0 Å². The molecule has 0 aliphatic rings. The molecule has 0 fully saturated rings. The lowest BCUT2D eigenvalue weighted by atomic mass is 10.3. The van der Waals surface area contributed by atoms with Crippen molar-refractivity contribution in [1.82, 2.24) is 0 Å². The van der Waals surface area contributed by atoms with Crippen LogP contribution in [0.4, 0.5) is 0 Å². The van der Waals surface area contributed by atoms with Crippen LogP contribution in [0.5, 0.6) is 0 Å². The maximum absolute atomic E-state index is 8.91. The Morgan fingerprint density at radius 1 is 1.50 bits per heavy atom. The number of hydrogen-bond acceptors (Lipinski definition) is 1. The van der Waals surface area contributed by atoms with Gasteiger partial charge in [0.25, 0.3) is 0 Å². The van der Waals surface area contributed by atoms with Crippen molar-refractivity contribution in [2.24, 2.45) is 0 Å². The molecule has 56 valence electrons. The normalized spacial score (nSPS) is 12.3. The lowest BCUT2D eigenvalue weighted by Gasteiger charge is -1.86. The molecule has 0 aliphatic heterocycles. The molecule has 0 saturated heterocycles. The van der Waals surface area contributed by atoms with Crippen molar-refractivity contribution in [2.45, 2.75) is 19.8 Å². The Morgan fingerprint density at radius 2 is 2.20 bits per heavy atom. The maximum atomic E-state index is 8.91. The molecule has 0 bridgehead atoms. The van der Waals surface area contributed by atoms with Crippen molar-refractivity contribution in [2.75, 3.05) is 0 Å². The van der Waals surface area contributed by atoms with Crippen molar-refractivity contribution >= 4 is 0 Å². The van der Waals surface area contributed by atoms with Crippen LogP contribution in [-0.4, -0.2) is 5.11 Å². The van der Waals surface area contributed by atoms with E-state index in [0.717, 1.165) is 12.8 Å². The van der Waals surface area contributed by atoms with Gasteiger partial charge in [0.15, 0.2) is 0 Å². The van der Waals surface area contributed by atoms with Crippen LogP contribution >= 0.6 is 0 Å². The fourth-order valence-corrected chi connectivity index (χ4v) is 0.514. The summed E-state index contributed by atoms with van der Waals surface area (Å²) in [5, 5.41) is 8.91. The molecule has 1 nitrogen and oxygen atoms in total. The van der Waals surface area contributed by atoms with Crippen LogP contribution in [0.25, 0.3) is 0 Å². The average Bonchev–Trinajstić information content (AvgIpc) is 1.98. The van der Waals surface area contributed by atoms with E-state index in [9.17, 15) is 0 Å². The maximum Gasteiger partial charge on any atom is 0.110 e. The summed E-state index contributed by atoms with van der Waals surface area (Å²) >= 11 is 0. The lowest BCUT2D eigenvalue weighted by Crippen LogP contribution is -1.70. The summed E-state index contributed by atoms with van der Waals surface area (Å²) in [6.45, 7) is 5.39. The van der Waals surface area contributed by atoms with E-state index in [2.05, 4.69) is 6.58 Å². The van der Waals surface area contributed by atoms with Gasteiger partial charge in [0.05, 0.1) is 0 Å². The molecule has 0 aromatic heterocycles. The van der Waals surface area contributed by atoms with E-state index in [4.69, 9.17) is 5.11 Å². The predicted molar refractivity (Wildman–Crippen MR) is 45.0 cm³/mol. The number of hydrogen-bond donors (Lipinski definition) is 1. The van der Waals surface area contributed by atoms with Crippen LogP contribution < -0.4 is 0 Å². The third kappa shape index (κ3) is 5.16. The van der Waals surface area contributed by atoms with E-state index in [1.54, 1.807) is 19.1 Å². The SMILES string of the molecule is C=CCC/C=C\C(O)=C/C.